The number of likely N-dealkylation sites (N-methyl/N-ethyl adjacent to an activating group) is 1. The largest absolute Gasteiger partial charge is 0.397 e. The van der Waals surface area contributed by atoms with Crippen LogP contribution in [0.2, 0.25) is 0 Å². The van der Waals surface area contributed by atoms with Crippen molar-refractivity contribution in [3.05, 3.63) is 24.0 Å². The lowest BCUT2D eigenvalue weighted by atomic mass is 10.3. The molecule has 0 spiro atoms. The third-order valence-corrected chi connectivity index (χ3v) is 2.68. The number of nitrogens with two attached hydrogens (primary N) is 1. The molecule has 6 nitrogen and oxygen atoms in total. The number of carbonyl (C=O) groups is 2. The number of nitrogen functional groups attached to an aromatic ring is 1. The van der Waals surface area contributed by atoms with E-state index in [4.69, 9.17) is 5.73 Å². The predicted molar refractivity (Wildman–Crippen MR) is 66.8 cm³/mol. The van der Waals surface area contributed by atoms with Crippen LogP contribution in [0.15, 0.2) is 18.3 Å². The minimum Gasteiger partial charge on any atom is -0.397 e. The fourth-order valence-electron chi connectivity index (χ4n) is 1.52. The van der Waals surface area contributed by atoms with Crippen molar-refractivity contribution in [1.29, 1.82) is 0 Å². The standard InChI is InChI=1S/C12H16N4O2/c1-16(7-11(17)15-9-3-4-9)12(18)10-5-2-8(13)6-14-10/h2,5-6,9H,3-4,7,13H2,1H3,(H,15,17). The van der Waals surface area contributed by atoms with Crippen molar-refractivity contribution >= 4 is 17.5 Å². The van der Waals surface area contributed by atoms with Gasteiger partial charge in [0.25, 0.3) is 5.91 Å². The molecule has 1 fully saturated rings. The van der Waals surface area contributed by atoms with Crippen LogP contribution in [-0.2, 0) is 4.79 Å². The van der Waals surface area contributed by atoms with Crippen LogP contribution in [0.1, 0.15) is 23.3 Å². The Bertz CT molecular complexity index is 454. The van der Waals surface area contributed by atoms with Crippen LogP contribution in [0.25, 0.3) is 0 Å². The molecule has 0 saturated heterocycles. The lowest BCUT2D eigenvalue weighted by Gasteiger charge is -2.16. The van der Waals surface area contributed by atoms with E-state index in [2.05, 4.69) is 10.3 Å². The molecule has 1 aliphatic carbocycles. The fourth-order valence-corrected chi connectivity index (χ4v) is 1.52. The molecule has 0 aliphatic heterocycles. The summed E-state index contributed by atoms with van der Waals surface area (Å²) in [6.07, 6.45) is 3.48. The molecule has 1 aliphatic rings. The fraction of sp³-hybridized carbons (Fsp3) is 0.417. The van der Waals surface area contributed by atoms with Gasteiger partial charge in [-0.15, -0.1) is 0 Å². The second-order valence-corrected chi connectivity index (χ2v) is 4.48. The van der Waals surface area contributed by atoms with E-state index in [1.54, 1.807) is 19.2 Å². The number of amides is 2. The Labute approximate surface area is 105 Å². The average molecular weight is 248 g/mol. The maximum Gasteiger partial charge on any atom is 0.272 e. The third-order valence-electron chi connectivity index (χ3n) is 2.68. The molecule has 0 unspecified atom stereocenters. The Morgan fingerprint density at radius 3 is 2.78 bits per heavy atom. The Morgan fingerprint density at radius 1 is 1.50 bits per heavy atom. The first kappa shape index (κ1) is 12.3. The lowest BCUT2D eigenvalue weighted by molar-refractivity contribution is -0.121. The highest BCUT2D eigenvalue weighted by Crippen LogP contribution is 2.18. The zero-order valence-corrected chi connectivity index (χ0v) is 10.2. The Balaban J connectivity index is 1.90. The van der Waals surface area contributed by atoms with Gasteiger partial charge < -0.3 is 16.0 Å². The molecular formula is C12H16N4O2. The molecule has 1 saturated carbocycles. The number of pyridine rings is 1. The molecule has 1 aromatic rings. The first-order chi connectivity index (χ1) is 8.56. The summed E-state index contributed by atoms with van der Waals surface area (Å²) in [7, 11) is 1.58. The van der Waals surface area contributed by atoms with Gasteiger partial charge in [0.15, 0.2) is 0 Å². The van der Waals surface area contributed by atoms with Crippen LogP contribution >= 0.6 is 0 Å². The van der Waals surface area contributed by atoms with E-state index in [1.165, 1.54) is 11.1 Å². The molecule has 0 bridgehead atoms. The number of anilines is 1. The quantitative estimate of drug-likeness (QED) is 0.786. The molecule has 0 atom stereocenters. The maximum atomic E-state index is 11.9. The zero-order valence-electron chi connectivity index (χ0n) is 10.2. The predicted octanol–water partition coefficient (Wildman–Crippen LogP) is 0.0144. The second-order valence-electron chi connectivity index (χ2n) is 4.48. The van der Waals surface area contributed by atoms with E-state index in [-0.39, 0.29) is 24.1 Å². The van der Waals surface area contributed by atoms with Gasteiger partial charge in [0, 0.05) is 13.1 Å². The molecule has 18 heavy (non-hydrogen) atoms. The van der Waals surface area contributed by atoms with Crippen LogP contribution in [0, 0.1) is 0 Å². The summed E-state index contributed by atoms with van der Waals surface area (Å²) in [5.74, 6) is -0.426. The van der Waals surface area contributed by atoms with Gasteiger partial charge in [-0.3, -0.25) is 9.59 Å². The van der Waals surface area contributed by atoms with Gasteiger partial charge in [-0.05, 0) is 25.0 Å². The Morgan fingerprint density at radius 2 is 2.22 bits per heavy atom. The summed E-state index contributed by atoms with van der Waals surface area (Å²) in [6.45, 7) is 0.0430. The summed E-state index contributed by atoms with van der Waals surface area (Å²) in [5.41, 5.74) is 6.28. The van der Waals surface area contributed by atoms with Gasteiger partial charge in [-0.2, -0.15) is 0 Å². The SMILES string of the molecule is CN(CC(=O)NC1CC1)C(=O)c1ccc(N)cn1. The van der Waals surface area contributed by atoms with Crippen molar-refractivity contribution in [3.8, 4) is 0 Å². The molecule has 3 N–H and O–H groups in total. The number of aromatic nitrogens is 1. The third kappa shape index (κ3) is 3.19. The molecular weight excluding hydrogens is 232 g/mol. The van der Waals surface area contributed by atoms with Crippen molar-refractivity contribution in [3.63, 3.8) is 0 Å². The molecule has 6 heteroatoms. The van der Waals surface area contributed by atoms with Gasteiger partial charge >= 0.3 is 0 Å². The highest BCUT2D eigenvalue weighted by molar-refractivity contribution is 5.94. The Hall–Kier alpha value is -2.11. The van der Waals surface area contributed by atoms with Gasteiger partial charge in [0.1, 0.15) is 5.69 Å². The first-order valence-electron chi connectivity index (χ1n) is 5.82. The zero-order chi connectivity index (χ0) is 13.1. The van der Waals surface area contributed by atoms with E-state index in [9.17, 15) is 9.59 Å². The molecule has 2 amide bonds. The second kappa shape index (κ2) is 5.03. The van der Waals surface area contributed by atoms with Crippen molar-refractivity contribution < 1.29 is 9.59 Å². The molecule has 1 aromatic heterocycles. The van der Waals surface area contributed by atoms with Gasteiger partial charge in [-0.1, -0.05) is 0 Å². The van der Waals surface area contributed by atoms with E-state index in [1.807, 2.05) is 0 Å². The highest BCUT2D eigenvalue weighted by Gasteiger charge is 2.24. The summed E-state index contributed by atoms with van der Waals surface area (Å²) in [6, 6.07) is 3.46. The van der Waals surface area contributed by atoms with Gasteiger partial charge in [0.2, 0.25) is 5.91 Å². The van der Waals surface area contributed by atoms with Crippen LogP contribution in [0.4, 0.5) is 5.69 Å². The van der Waals surface area contributed by atoms with Crippen molar-refractivity contribution in [2.45, 2.75) is 18.9 Å². The molecule has 96 valence electrons. The van der Waals surface area contributed by atoms with E-state index in [0.29, 0.717) is 11.7 Å². The van der Waals surface area contributed by atoms with Crippen molar-refractivity contribution in [1.82, 2.24) is 15.2 Å². The van der Waals surface area contributed by atoms with Crippen LogP contribution < -0.4 is 11.1 Å². The normalized spacial score (nSPS) is 14.1. The number of carbonyl (C=O) groups excluding carboxylic acids is 2. The van der Waals surface area contributed by atoms with Crippen molar-refractivity contribution in [2.75, 3.05) is 19.3 Å². The van der Waals surface area contributed by atoms with E-state index >= 15 is 0 Å². The summed E-state index contributed by atoms with van der Waals surface area (Å²) >= 11 is 0. The maximum absolute atomic E-state index is 11.9. The molecule has 1 heterocycles. The minimum atomic E-state index is -0.291. The van der Waals surface area contributed by atoms with Crippen LogP contribution in [0.5, 0.6) is 0 Å². The summed E-state index contributed by atoms with van der Waals surface area (Å²) < 4.78 is 0. The number of hydrogen-bond acceptors (Lipinski definition) is 4. The minimum absolute atomic E-state index is 0.0430. The van der Waals surface area contributed by atoms with Gasteiger partial charge in [-0.25, -0.2) is 4.98 Å². The molecule has 2 rings (SSSR count). The number of hydrogen-bond donors (Lipinski definition) is 2. The smallest absolute Gasteiger partial charge is 0.272 e. The number of rotatable bonds is 4. The summed E-state index contributed by atoms with van der Waals surface area (Å²) in [4.78, 5) is 28.8. The Kier molecular flexibility index (Phi) is 3.45. The van der Waals surface area contributed by atoms with Crippen molar-refractivity contribution in [2.24, 2.45) is 0 Å². The summed E-state index contributed by atoms with van der Waals surface area (Å²) in [5, 5.41) is 2.83. The van der Waals surface area contributed by atoms with Crippen LogP contribution in [0.3, 0.4) is 0 Å². The number of nitrogens with zero attached hydrogens (tertiary/aromatic N) is 2. The topological polar surface area (TPSA) is 88.3 Å². The lowest BCUT2D eigenvalue weighted by Crippen LogP contribution is -2.39. The van der Waals surface area contributed by atoms with E-state index in [0.717, 1.165) is 12.8 Å². The van der Waals surface area contributed by atoms with E-state index < -0.39 is 0 Å². The van der Waals surface area contributed by atoms with Crippen LogP contribution in [-0.4, -0.2) is 41.3 Å². The van der Waals surface area contributed by atoms with Gasteiger partial charge in [0.05, 0.1) is 18.4 Å². The highest BCUT2D eigenvalue weighted by atomic mass is 16.2. The number of nitrogens with one attached hydrogen (secondary N) is 1. The average Bonchev–Trinajstić information content (AvgIpc) is 3.12. The molecule has 0 radical (unpaired) electrons. The molecule has 0 aromatic carbocycles. The monoisotopic (exact) mass is 248 g/mol. The first-order valence-corrected chi connectivity index (χ1v) is 5.82.